The summed E-state index contributed by atoms with van der Waals surface area (Å²) in [6.07, 6.45) is -1.45. The standard InChI is InChI=1S/C22H18ClNO4/c23-13-16(28-22(25)27-15-7-2-1-3-8-15)14-26-20-12-6-11-19-21(20)17-9-4-5-10-18(17)24-19/h1-12,16,24H,13-14H2. The van der Waals surface area contributed by atoms with E-state index in [0.717, 1.165) is 21.8 Å². The summed E-state index contributed by atoms with van der Waals surface area (Å²) < 4.78 is 16.4. The van der Waals surface area contributed by atoms with E-state index in [-0.39, 0.29) is 12.5 Å². The summed E-state index contributed by atoms with van der Waals surface area (Å²) >= 11 is 5.95. The molecule has 0 aliphatic carbocycles. The minimum absolute atomic E-state index is 0.0910. The predicted molar refractivity (Wildman–Crippen MR) is 109 cm³/mol. The number of aromatic amines is 1. The van der Waals surface area contributed by atoms with Gasteiger partial charge in [-0.15, -0.1) is 11.6 Å². The minimum Gasteiger partial charge on any atom is -0.489 e. The molecule has 0 fully saturated rings. The molecule has 0 aliphatic rings. The Hall–Kier alpha value is -3.18. The molecule has 5 nitrogen and oxygen atoms in total. The molecule has 0 spiro atoms. The second kappa shape index (κ2) is 8.23. The molecule has 1 unspecified atom stereocenters. The summed E-state index contributed by atoms with van der Waals surface area (Å²) in [4.78, 5) is 15.3. The van der Waals surface area contributed by atoms with Crippen LogP contribution < -0.4 is 9.47 Å². The molecule has 6 heteroatoms. The summed E-state index contributed by atoms with van der Waals surface area (Å²) in [5, 5.41) is 2.05. The molecule has 0 saturated heterocycles. The van der Waals surface area contributed by atoms with E-state index in [0.29, 0.717) is 11.5 Å². The molecule has 4 rings (SSSR count). The molecule has 28 heavy (non-hydrogen) atoms. The molecule has 142 valence electrons. The van der Waals surface area contributed by atoms with Crippen molar-refractivity contribution < 1.29 is 19.0 Å². The number of rotatable bonds is 6. The van der Waals surface area contributed by atoms with E-state index in [1.807, 2.05) is 48.5 Å². The van der Waals surface area contributed by atoms with Crippen molar-refractivity contribution in [1.29, 1.82) is 0 Å². The number of hydrogen-bond donors (Lipinski definition) is 1. The van der Waals surface area contributed by atoms with E-state index in [2.05, 4.69) is 4.98 Å². The SMILES string of the molecule is O=C(Oc1ccccc1)OC(CCl)COc1cccc2[nH]c3ccccc3c12. The number of halogens is 1. The lowest BCUT2D eigenvalue weighted by Gasteiger charge is -2.16. The Morgan fingerprint density at radius 3 is 2.50 bits per heavy atom. The monoisotopic (exact) mass is 395 g/mol. The average Bonchev–Trinajstić information content (AvgIpc) is 3.11. The van der Waals surface area contributed by atoms with Crippen LogP contribution in [0.2, 0.25) is 0 Å². The second-order valence-electron chi connectivity index (χ2n) is 6.22. The lowest BCUT2D eigenvalue weighted by molar-refractivity contribution is 0.0454. The highest BCUT2D eigenvalue weighted by Gasteiger charge is 2.18. The number of nitrogens with one attached hydrogen (secondary N) is 1. The molecular weight excluding hydrogens is 378 g/mol. The molecule has 0 saturated carbocycles. The summed E-state index contributed by atoms with van der Waals surface area (Å²) in [7, 11) is 0. The van der Waals surface area contributed by atoms with Gasteiger partial charge in [-0.05, 0) is 30.3 Å². The van der Waals surface area contributed by atoms with Crippen molar-refractivity contribution in [1.82, 2.24) is 4.98 Å². The van der Waals surface area contributed by atoms with Gasteiger partial charge in [0.1, 0.15) is 18.1 Å². The van der Waals surface area contributed by atoms with Gasteiger partial charge in [-0.1, -0.05) is 42.5 Å². The van der Waals surface area contributed by atoms with Gasteiger partial charge < -0.3 is 19.2 Å². The molecule has 1 N–H and O–H groups in total. The summed E-state index contributed by atoms with van der Waals surface area (Å²) in [5.74, 6) is 1.20. The molecule has 0 amide bonds. The Morgan fingerprint density at radius 2 is 1.68 bits per heavy atom. The third-order valence-corrected chi connectivity index (χ3v) is 4.64. The van der Waals surface area contributed by atoms with Gasteiger partial charge in [0, 0.05) is 16.3 Å². The number of H-pyrrole nitrogens is 1. The molecule has 1 heterocycles. The fraction of sp³-hybridized carbons (Fsp3) is 0.136. The van der Waals surface area contributed by atoms with Gasteiger partial charge in [-0.25, -0.2) is 4.79 Å². The smallest absolute Gasteiger partial charge is 0.489 e. The Labute approximate surface area is 166 Å². The van der Waals surface area contributed by atoms with Gasteiger partial charge in [0.15, 0.2) is 6.10 Å². The molecule has 1 aromatic heterocycles. The van der Waals surface area contributed by atoms with Crippen molar-refractivity contribution in [3.05, 3.63) is 72.8 Å². The summed E-state index contributed by atoms with van der Waals surface area (Å²) in [6.45, 7) is 0.117. The molecule has 0 aliphatic heterocycles. The van der Waals surface area contributed by atoms with Crippen LogP contribution >= 0.6 is 11.6 Å². The van der Waals surface area contributed by atoms with Crippen LogP contribution in [-0.2, 0) is 4.74 Å². The molecule has 1 atom stereocenters. The zero-order valence-corrected chi connectivity index (χ0v) is 15.7. The highest BCUT2D eigenvalue weighted by atomic mass is 35.5. The van der Waals surface area contributed by atoms with Crippen molar-refractivity contribution in [3.63, 3.8) is 0 Å². The molecule has 3 aromatic carbocycles. The van der Waals surface area contributed by atoms with Crippen molar-refractivity contribution >= 4 is 39.6 Å². The van der Waals surface area contributed by atoms with Crippen molar-refractivity contribution in [2.24, 2.45) is 0 Å². The number of benzene rings is 3. The van der Waals surface area contributed by atoms with Crippen molar-refractivity contribution in [2.45, 2.75) is 6.10 Å². The molecule has 4 aromatic rings. The van der Waals surface area contributed by atoms with Crippen LogP contribution in [0.5, 0.6) is 11.5 Å². The first-order valence-corrected chi connectivity index (χ1v) is 9.40. The first-order valence-electron chi connectivity index (χ1n) is 8.86. The first kappa shape index (κ1) is 18.2. The van der Waals surface area contributed by atoms with Crippen LogP contribution in [0.1, 0.15) is 0 Å². The van der Waals surface area contributed by atoms with E-state index in [1.54, 1.807) is 24.3 Å². The van der Waals surface area contributed by atoms with Crippen LogP contribution in [0.4, 0.5) is 4.79 Å². The summed E-state index contributed by atoms with van der Waals surface area (Å²) in [5.41, 5.74) is 2.01. The van der Waals surface area contributed by atoms with Gasteiger partial charge in [-0.3, -0.25) is 0 Å². The van der Waals surface area contributed by atoms with Crippen molar-refractivity contribution in [3.8, 4) is 11.5 Å². The van der Waals surface area contributed by atoms with E-state index in [9.17, 15) is 4.79 Å². The van der Waals surface area contributed by atoms with Crippen LogP contribution in [0.15, 0.2) is 72.8 Å². The van der Waals surface area contributed by atoms with Gasteiger partial charge >= 0.3 is 6.16 Å². The third kappa shape index (κ3) is 3.89. The van der Waals surface area contributed by atoms with E-state index < -0.39 is 12.3 Å². The maximum atomic E-state index is 12.0. The second-order valence-corrected chi connectivity index (χ2v) is 6.53. The normalized spacial score (nSPS) is 12.0. The number of hydrogen-bond acceptors (Lipinski definition) is 4. The maximum absolute atomic E-state index is 12.0. The number of alkyl halides is 1. The van der Waals surface area contributed by atoms with E-state index in [4.69, 9.17) is 25.8 Å². The first-order chi connectivity index (χ1) is 13.7. The zero-order valence-electron chi connectivity index (χ0n) is 14.9. The van der Waals surface area contributed by atoms with E-state index in [1.165, 1.54) is 0 Å². The fourth-order valence-corrected chi connectivity index (χ4v) is 3.18. The Balaban J connectivity index is 1.46. The van der Waals surface area contributed by atoms with Crippen LogP contribution in [0, 0.1) is 0 Å². The van der Waals surface area contributed by atoms with Gasteiger partial charge in [0.2, 0.25) is 0 Å². The number of carbonyl (C=O) groups is 1. The number of aromatic nitrogens is 1. The summed E-state index contributed by atoms with van der Waals surface area (Å²) in [6, 6.07) is 22.5. The van der Waals surface area contributed by atoms with Gasteiger partial charge in [-0.2, -0.15) is 0 Å². The van der Waals surface area contributed by atoms with Crippen LogP contribution in [0.25, 0.3) is 21.8 Å². The third-order valence-electron chi connectivity index (χ3n) is 4.30. The maximum Gasteiger partial charge on any atom is 0.514 e. The Bertz CT molecular complexity index is 1090. The minimum atomic E-state index is -0.814. The lowest BCUT2D eigenvalue weighted by Crippen LogP contribution is -2.28. The van der Waals surface area contributed by atoms with Crippen LogP contribution in [0.3, 0.4) is 0 Å². The fourth-order valence-electron chi connectivity index (χ4n) is 3.03. The average molecular weight is 396 g/mol. The zero-order chi connectivity index (χ0) is 19.3. The topological polar surface area (TPSA) is 60.6 Å². The molecule has 0 radical (unpaired) electrons. The number of ether oxygens (including phenoxy) is 3. The molecule has 0 bridgehead atoms. The largest absolute Gasteiger partial charge is 0.514 e. The van der Waals surface area contributed by atoms with Crippen LogP contribution in [-0.4, -0.2) is 29.7 Å². The Kier molecular flexibility index (Phi) is 5.35. The molecular formula is C22H18ClNO4. The highest BCUT2D eigenvalue weighted by molar-refractivity contribution is 6.18. The number of carbonyl (C=O) groups excluding carboxylic acids is 1. The van der Waals surface area contributed by atoms with Gasteiger partial charge in [0.05, 0.1) is 11.4 Å². The van der Waals surface area contributed by atoms with Crippen molar-refractivity contribution in [2.75, 3.05) is 12.5 Å². The predicted octanol–water partition coefficient (Wildman–Crippen LogP) is 5.52. The number of para-hydroxylation sites is 2. The van der Waals surface area contributed by atoms with E-state index >= 15 is 0 Å². The number of fused-ring (bicyclic) bond motifs is 3. The quantitative estimate of drug-likeness (QED) is 0.265. The van der Waals surface area contributed by atoms with Gasteiger partial charge in [0.25, 0.3) is 0 Å². The lowest BCUT2D eigenvalue weighted by atomic mass is 10.1. The Morgan fingerprint density at radius 1 is 0.929 bits per heavy atom. The highest BCUT2D eigenvalue weighted by Crippen LogP contribution is 2.33.